The lowest BCUT2D eigenvalue weighted by Gasteiger charge is -2.19. The maximum atomic E-state index is 4.42. The number of hydrogen-bond acceptors (Lipinski definition) is 0. The minimum Gasteiger partial charge on any atom is -0.241 e. The average Bonchev–Trinajstić information content (AvgIpc) is 2.45. The van der Waals surface area contributed by atoms with E-state index in [9.17, 15) is 0 Å². The molecule has 2 rings (SSSR count). The zero-order valence-corrected chi connectivity index (χ0v) is 5.90. The van der Waals surface area contributed by atoms with Gasteiger partial charge in [-0.2, -0.15) is 0 Å². The molecule has 0 amide bonds. The largest absolute Gasteiger partial charge is 0.241 e. The molecule has 0 bridgehead atoms. The van der Waals surface area contributed by atoms with Crippen LogP contribution < -0.4 is 5.32 Å². The number of hydrogen-bond donors (Lipinski definition) is 0. The van der Waals surface area contributed by atoms with Crippen molar-refractivity contribution in [3.05, 3.63) is 0 Å². The maximum Gasteiger partial charge on any atom is 0.0190 e. The van der Waals surface area contributed by atoms with Crippen LogP contribution in [-0.4, -0.2) is 13.1 Å². The van der Waals surface area contributed by atoms with E-state index in [1.54, 1.807) is 0 Å². The lowest BCUT2D eigenvalue weighted by molar-refractivity contribution is 0.336. The third-order valence-corrected chi connectivity index (χ3v) is 2.91. The van der Waals surface area contributed by atoms with Crippen LogP contribution >= 0.6 is 0 Å². The van der Waals surface area contributed by atoms with Gasteiger partial charge in [0.15, 0.2) is 0 Å². The third kappa shape index (κ3) is 0.877. The van der Waals surface area contributed by atoms with Crippen molar-refractivity contribution >= 4 is 0 Å². The molecule has 1 aliphatic carbocycles. The fourth-order valence-corrected chi connectivity index (χ4v) is 2.24. The van der Waals surface area contributed by atoms with Crippen molar-refractivity contribution in [2.75, 3.05) is 13.1 Å². The molecule has 0 N–H and O–H groups in total. The molecule has 0 atom stereocenters. The molecule has 1 spiro atoms. The predicted molar refractivity (Wildman–Crippen MR) is 37.4 cm³/mol. The van der Waals surface area contributed by atoms with E-state index in [1.165, 1.54) is 38.6 Å². The quantitative estimate of drug-likeness (QED) is 0.465. The smallest absolute Gasteiger partial charge is 0.0190 e. The van der Waals surface area contributed by atoms with Crippen molar-refractivity contribution in [3.8, 4) is 0 Å². The summed E-state index contributed by atoms with van der Waals surface area (Å²) in [6, 6.07) is 0. The topological polar surface area (TPSA) is 14.1 Å². The van der Waals surface area contributed by atoms with E-state index in [1.807, 2.05) is 0 Å². The number of nitrogens with zero attached hydrogens (tertiary/aromatic N) is 1. The Morgan fingerprint density at radius 1 is 1.00 bits per heavy atom. The zero-order valence-electron chi connectivity index (χ0n) is 5.90. The highest BCUT2D eigenvalue weighted by Crippen LogP contribution is 2.42. The normalized spacial score (nSPS) is 32.0. The fraction of sp³-hybridized carbons (Fsp3) is 1.00. The summed E-state index contributed by atoms with van der Waals surface area (Å²) in [6.07, 6.45) is 7.27. The monoisotopic (exact) mass is 124 g/mol. The summed E-state index contributed by atoms with van der Waals surface area (Å²) < 4.78 is 0. The van der Waals surface area contributed by atoms with E-state index in [-0.39, 0.29) is 0 Å². The summed E-state index contributed by atoms with van der Waals surface area (Å²) in [5.74, 6) is 0. The molecule has 0 aromatic carbocycles. The molecule has 0 unspecified atom stereocenters. The van der Waals surface area contributed by atoms with Crippen molar-refractivity contribution in [2.45, 2.75) is 32.1 Å². The van der Waals surface area contributed by atoms with Crippen molar-refractivity contribution in [3.63, 3.8) is 0 Å². The van der Waals surface area contributed by atoms with E-state index in [2.05, 4.69) is 5.32 Å². The molecule has 2 aliphatic rings. The van der Waals surface area contributed by atoms with Gasteiger partial charge < -0.3 is 0 Å². The Hall–Kier alpha value is -0.0400. The summed E-state index contributed by atoms with van der Waals surface area (Å²) in [5, 5.41) is 4.42. The molecular weight excluding hydrogens is 110 g/mol. The van der Waals surface area contributed by atoms with Crippen LogP contribution in [0.1, 0.15) is 32.1 Å². The predicted octanol–water partition coefficient (Wildman–Crippen LogP) is 1.55. The first-order chi connectivity index (χ1) is 4.41. The molecule has 1 nitrogen and oxygen atoms in total. The fourth-order valence-electron chi connectivity index (χ4n) is 2.24. The summed E-state index contributed by atoms with van der Waals surface area (Å²) in [4.78, 5) is 0. The second kappa shape index (κ2) is 1.98. The van der Waals surface area contributed by atoms with Gasteiger partial charge in [-0.3, -0.25) is 0 Å². The first-order valence-corrected chi connectivity index (χ1v) is 4.05. The summed E-state index contributed by atoms with van der Waals surface area (Å²) in [6.45, 7) is 2.34. The Bertz CT molecular complexity index is 79.6. The SMILES string of the molecule is C1CCC2(C1)CC[N]C2. The molecule has 51 valence electrons. The van der Waals surface area contributed by atoms with Crippen LogP contribution in [0.5, 0.6) is 0 Å². The van der Waals surface area contributed by atoms with Gasteiger partial charge in [-0.1, -0.05) is 12.8 Å². The van der Waals surface area contributed by atoms with Crippen LogP contribution in [0, 0.1) is 5.41 Å². The van der Waals surface area contributed by atoms with Crippen molar-refractivity contribution in [2.24, 2.45) is 5.41 Å². The van der Waals surface area contributed by atoms with Gasteiger partial charge in [-0.25, -0.2) is 5.32 Å². The molecule has 1 heterocycles. The highest BCUT2D eigenvalue weighted by Gasteiger charge is 2.36. The van der Waals surface area contributed by atoms with E-state index < -0.39 is 0 Å². The van der Waals surface area contributed by atoms with Crippen molar-refractivity contribution in [1.29, 1.82) is 0 Å². The molecule has 1 aliphatic heterocycles. The van der Waals surface area contributed by atoms with Crippen LogP contribution in [0.4, 0.5) is 0 Å². The van der Waals surface area contributed by atoms with Crippen molar-refractivity contribution in [1.82, 2.24) is 5.32 Å². The van der Waals surface area contributed by atoms with Gasteiger partial charge in [0, 0.05) is 13.1 Å². The molecule has 0 aromatic heterocycles. The van der Waals surface area contributed by atoms with E-state index in [0.29, 0.717) is 0 Å². The average molecular weight is 124 g/mol. The molecule has 1 saturated carbocycles. The van der Waals surface area contributed by atoms with Gasteiger partial charge in [0.25, 0.3) is 0 Å². The minimum atomic E-state index is 0.722. The summed E-state index contributed by atoms with van der Waals surface area (Å²) >= 11 is 0. The van der Waals surface area contributed by atoms with Gasteiger partial charge in [-0.05, 0) is 24.7 Å². The van der Waals surface area contributed by atoms with E-state index in [4.69, 9.17) is 0 Å². The Kier molecular flexibility index (Phi) is 1.26. The second-order valence-electron chi connectivity index (χ2n) is 3.56. The zero-order chi connectivity index (χ0) is 6.16. The van der Waals surface area contributed by atoms with Gasteiger partial charge in [0.05, 0.1) is 0 Å². The second-order valence-corrected chi connectivity index (χ2v) is 3.56. The maximum absolute atomic E-state index is 4.42. The lowest BCUT2D eigenvalue weighted by atomic mass is 9.86. The highest BCUT2D eigenvalue weighted by atomic mass is 14.9. The van der Waals surface area contributed by atoms with Crippen LogP contribution in [0.2, 0.25) is 0 Å². The lowest BCUT2D eigenvalue weighted by Crippen LogP contribution is -2.16. The van der Waals surface area contributed by atoms with Crippen LogP contribution in [0.25, 0.3) is 0 Å². The van der Waals surface area contributed by atoms with E-state index >= 15 is 0 Å². The van der Waals surface area contributed by atoms with Crippen LogP contribution in [0.15, 0.2) is 0 Å². The third-order valence-electron chi connectivity index (χ3n) is 2.91. The Morgan fingerprint density at radius 3 is 2.33 bits per heavy atom. The highest BCUT2D eigenvalue weighted by molar-refractivity contribution is 4.90. The first-order valence-electron chi connectivity index (χ1n) is 4.05. The van der Waals surface area contributed by atoms with Crippen molar-refractivity contribution < 1.29 is 0 Å². The van der Waals surface area contributed by atoms with E-state index in [0.717, 1.165) is 12.0 Å². The Balaban J connectivity index is 2.04. The molecular formula is C8H14N. The standard InChI is InChI=1S/C8H14N/c1-2-4-8(3-1)5-6-9-7-8/h1-7H2. The first kappa shape index (κ1) is 5.72. The summed E-state index contributed by atoms with van der Waals surface area (Å²) in [7, 11) is 0. The Morgan fingerprint density at radius 2 is 1.78 bits per heavy atom. The molecule has 1 saturated heterocycles. The molecule has 9 heavy (non-hydrogen) atoms. The van der Waals surface area contributed by atoms with Crippen LogP contribution in [-0.2, 0) is 0 Å². The molecule has 1 heteroatoms. The van der Waals surface area contributed by atoms with Gasteiger partial charge in [0.2, 0.25) is 0 Å². The molecule has 1 radical (unpaired) electrons. The van der Waals surface area contributed by atoms with Gasteiger partial charge in [-0.15, -0.1) is 0 Å². The van der Waals surface area contributed by atoms with Crippen LogP contribution in [0.3, 0.4) is 0 Å². The molecule has 0 aromatic rings. The van der Waals surface area contributed by atoms with Gasteiger partial charge in [0.1, 0.15) is 0 Å². The number of rotatable bonds is 0. The molecule has 2 fully saturated rings. The summed E-state index contributed by atoms with van der Waals surface area (Å²) in [5.41, 5.74) is 0.722. The minimum absolute atomic E-state index is 0.722. The Labute approximate surface area is 56.8 Å². The van der Waals surface area contributed by atoms with Gasteiger partial charge >= 0.3 is 0 Å².